The number of benzene rings is 3. The molecule has 41 heavy (non-hydrogen) atoms. The fourth-order valence-electron chi connectivity index (χ4n) is 4.50. The molecule has 0 unspecified atom stereocenters. The number of methoxy groups -OCH3 is 1. The van der Waals surface area contributed by atoms with Crippen LogP contribution in [0.1, 0.15) is 29.7 Å². The quantitative estimate of drug-likeness (QED) is 0.307. The highest BCUT2D eigenvalue weighted by Crippen LogP contribution is 2.35. The van der Waals surface area contributed by atoms with E-state index in [-0.39, 0.29) is 17.7 Å². The van der Waals surface area contributed by atoms with Crippen LogP contribution in [-0.2, 0) is 14.3 Å². The monoisotopic (exact) mass is 570 g/mol. The zero-order chi connectivity index (χ0) is 28.9. The average molecular weight is 571 g/mol. The number of hydrogen-bond donors (Lipinski definition) is 1. The number of carbonyl (C=O) groups is 2. The van der Waals surface area contributed by atoms with Gasteiger partial charge < -0.3 is 19.3 Å². The lowest BCUT2D eigenvalue weighted by molar-refractivity contribution is -0.140. The molecule has 5 rings (SSSR count). The molecule has 0 radical (unpaired) electrons. The first kappa shape index (κ1) is 27.6. The number of esters is 1. The van der Waals surface area contributed by atoms with Crippen molar-refractivity contribution in [3.8, 4) is 11.5 Å². The van der Waals surface area contributed by atoms with Crippen LogP contribution in [0.5, 0.6) is 11.5 Å². The predicted octanol–water partition coefficient (Wildman–Crippen LogP) is 3.41. The molecule has 0 saturated heterocycles. The summed E-state index contributed by atoms with van der Waals surface area (Å²) >= 11 is 1.22. The number of nitrogens with zero attached hydrogens (tertiary/aromatic N) is 2. The first-order valence-electron chi connectivity index (χ1n) is 12.8. The molecule has 0 amide bonds. The molecular formula is C31H26N2O7S. The van der Waals surface area contributed by atoms with Crippen LogP contribution in [-0.4, -0.2) is 41.9 Å². The van der Waals surface area contributed by atoms with Crippen LogP contribution in [0, 0.1) is 0 Å². The molecule has 10 heteroatoms. The van der Waals surface area contributed by atoms with Crippen molar-refractivity contribution < 1.29 is 28.9 Å². The van der Waals surface area contributed by atoms with Gasteiger partial charge in [-0.3, -0.25) is 9.36 Å². The van der Waals surface area contributed by atoms with Gasteiger partial charge in [-0.25, -0.2) is 14.6 Å². The highest BCUT2D eigenvalue weighted by atomic mass is 32.1. The Morgan fingerprint density at radius 2 is 1.68 bits per heavy atom. The zero-order valence-corrected chi connectivity index (χ0v) is 23.1. The summed E-state index contributed by atoms with van der Waals surface area (Å²) in [5.41, 5.74) is 2.54. The van der Waals surface area contributed by atoms with E-state index in [2.05, 4.69) is 0 Å². The Hall–Kier alpha value is -4.96. The van der Waals surface area contributed by atoms with Crippen molar-refractivity contribution >= 4 is 35.0 Å². The molecule has 1 N–H and O–H groups in total. The number of carboxylic acid groups (broad SMARTS) is 1. The third-order valence-corrected chi connectivity index (χ3v) is 7.33. The van der Waals surface area contributed by atoms with Gasteiger partial charge in [0.15, 0.2) is 11.4 Å². The van der Waals surface area contributed by atoms with E-state index < -0.39 is 24.6 Å². The van der Waals surface area contributed by atoms with Crippen LogP contribution in [0.4, 0.5) is 0 Å². The molecule has 9 nitrogen and oxygen atoms in total. The van der Waals surface area contributed by atoms with Gasteiger partial charge in [0.2, 0.25) is 0 Å². The highest BCUT2D eigenvalue weighted by molar-refractivity contribution is 7.07. The molecule has 3 aromatic carbocycles. The minimum atomic E-state index is -1.07. The fraction of sp³-hybridized carbons (Fsp3) is 0.161. The average Bonchev–Trinajstić information content (AvgIpc) is 3.30. The summed E-state index contributed by atoms with van der Waals surface area (Å²) in [6, 6.07) is 22.5. The van der Waals surface area contributed by atoms with Crippen molar-refractivity contribution in [3.63, 3.8) is 0 Å². The van der Waals surface area contributed by atoms with Gasteiger partial charge in [0.25, 0.3) is 5.56 Å². The topological polar surface area (TPSA) is 116 Å². The SMILES string of the molecule is CCOC(=O)C1=C(c2ccccc2)N=c2s/c(=C/c3ccc(OCC(=O)O)cc3)c(=O)n2[C@H]1c1ccc(OC)cc1. The second-order valence-corrected chi connectivity index (χ2v) is 9.97. The summed E-state index contributed by atoms with van der Waals surface area (Å²) in [5, 5.41) is 8.82. The van der Waals surface area contributed by atoms with Crippen molar-refractivity contribution in [2.24, 2.45) is 4.99 Å². The first-order chi connectivity index (χ1) is 19.9. The maximum Gasteiger partial charge on any atom is 0.341 e. The van der Waals surface area contributed by atoms with Gasteiger partial charge in [-0.15, -0.1) is 0 Å². The number of fused-ring (bicyclic) bond motifs is 1. The molecule has 0 fully saturated rings. The van der Waals surface area contributed by atoms with Crippen molar-refractivity contribution in [3.05, 3.63) is 121 Å². The Morgan fingerprint density at radius 3 is 2.32 bits per heavy atom. The van der Waals surface area contributed by atoms with E-state index in [0.29, 0.717) is 37.7 Å². The zero-order valence-electron chi connectivity index (χ0n) is 22.3. The third kappa shape index (κ3) is 5.82. The van der Waals surface area contributed by atoms with Crippen LogP contribution in [0.2, 0.25) is 0 Å². The molecule has 1 aliphatic heterocycles. The van der Waals surface area contributed by atoms with Gasteiger partial charge in [-0.2, -0.15) is 0 Å². The number of hydrogen-bond acceptors (Lipinski definition) is 8. The summed E-state index contributed by atoms with van der Waals surface area (Å²) in [4.78, 5) is 43.5. The summed E-state index contributed by atoms with van der Waals surface area (Å²) in [6.45, 7) is 1.45. The maximum atomic E-state index is 13.9. The lowest BCUT2D eigenvalue weighted by atomic mass is 9.93. The van der Waals surface area contributed by atoms with Gasteiger partial charge in [-0.1, -0.05) is 65.9 Å². The number of carboxylic acids is 1. The second kappa shape index (κ2) is 12.1. The highest BCUT2D eigenvalue weighted by Gasteiger charge is 2.35. The van der Waals surface area contributed by atoms with E-state index >= 15 is 0 Å². The summed E-state index contributed by atoms with van der Waals surface area (Å²) in [7, 11) is 1.57. The summed E-state index contributed by atoms with van der Waals surface area (Å²) < 4.78 is 18.0. The van der Waals surface area contributed by atoms with E-state index in [1.807, 2.05) is 42.5 Å². The molecule has 0 spiro atoms. The normalized spacial score (nSPS) is 14.7. The van der Waals surface area contributed by atoms with Gasteiger partial charge in [0, 0.05) is 5.56 Å². The number of ether oxygens (including phenoxy) is 3. The maximum absolute atomic E-state index is 13.9. The molecule has 4 aromatic rings. The fourth-order valence-corrected chi connectivity index (χ4v) is 5.50. The van der Waals surface area contributed by atoms with Gasteiger partial charge in [0.1, 0.15) is 11.5 Å². The number of rotatable bonds is 9. The molecular weight excluding hydrogens is 544 g/mol. The molecule has 1 atom stereocenters. The van der Waals surface area contributed by atoms with Crippen LogP contribution in [0.3, 0.4) is 0 Å². The van der Waals surface area contributed by atoms with Crippen molar-refractivity contribution in [1.29, 1.82) is 0 Å². The van der Waals surface area contributed by atoms with Crippen molar-refractivity contribution in [1.82, 2.24) is 4.57 Å². The van der Waals surface area contributed by atoms with Gasteiger partial charge in [0.05, 0.1) is 35.6 Å². The molecule has 1 aliphatic rings. The second-order valence-electron chi connectivity index (χ2n) is 8.96. The Balaban J connectivity index is 1.70. The Bertz CT molecular complexity index is 1790. The molecule has 208 valence electrons. The third-order valence-electron chi connectivity index (χ3n) is 6.35. The number of aromatic nitrogens is 1. The number of aliphatic carboxylic acids is 1. The Labute approximate surface area is 238 Å². The molecule has 0 saturated carbocycles. The summed E-state index contributed by atoms with van der Waals surface area (Å²) in [6.07, 6.45) is 1.73. The minimum Gasteiger partial charge on any atom is -0.497 e. The smallest absolute Gasteiger partial charge is 0.341 e. The predicted molar refractivity (Wildman–Crippen MR) is 154 cm³/mol. The largest absolute Gasteiger partial charge is 0.497 e. The van der Waals surface area contributed by atoms with Crippen LogP contribution >= 0.6 is 11.3 Å². The summed E-state index contributed by atoms with van der Waals surface area (Å²) in [5.74, 6) is -0.584. The van der Waals surface area contributed by atoms with Crippen molar-refractivity contribution in [2.45, 2.75) is 13.0 Å². The Morgan fingerprint density at radius 1 is 1.00 bits per heavy atom. The van der Waals surface area contributed by atoms with E-state index in [4.69, 9.17) is 24.3 Å². The van der Waals surface area contributed by atoms with E-state index in [1.54, 1.807) is 56.5 Å². The van der Waals surface area contributed by atoms with Crippen LogP contribution in [0.25, 0.3) is 11.8 Å². The Kier molecular flexibility index (Phi) is 8.11. The number of thiazole rings is 1. The van der Waals surface area contributed by atoms with Crippen molar-refractivity contribution in [2.75, 3.05) is 20.3 Å². The van der Waals surface area contributed by atoms with E-state index in [0.717, 1.165) is 5.56 Å². The van der Waals surface area contributed by atoms with Gasteiger partial charge >= 0.3 is 11.9 Å². The molecule has 0 aliphatic carbocycles. The van der Waals surface area contributed by atoms with Crippen LogP contribution < -0.4 is 24.4 Å². The minimum absolute atomic E-state index is 0.163. The van der Waals surface area contributed by atoms with E-state index in [9.17, 15) is 14.4 Å². The molecule has 2 heterocycles. The van der Waals surface area contributed by atoms with E-state index in [1.165, 1.54) is 15.9 Å². The lowest BCUT2D eigenvalue weighted by Crippen LogP contribution is -2.40. The number of carbonyl (C=O) groups excluding carboxylic acids is 1. The van der Waals surface area contributed by atoms with Gasteiger partial charge in [-0.05, 0) is 48.4 Å². The molecule has 1 aromatic heterocycles. The lowest BCUT2D eigenvalue weighted by Gasteiger charge is -2.26. The van der Waals surface area contributed by atoms with Crippen LogP contribution in [0.15, 0.2) is 94.2 Å². The first-order valence-corrected chi connectivity index (χ1v) is 13.6. The molecule has 0 bridgehead atoms. The standard InChI is InChI=1S/C31H26N2O7S/c1-3-39-30(37)26-27(20-7-5-4-6-8-20)32-31-33(28(26)21-11-15-22(38-2)16-12-21)29(36)24(41-31)17-19-9-13-23(14-10-19)40-18-25(34)35/h4-17,28H,3,18H2,1-2H3,(H,34,35)/b24-17+/t28-/m0/s1.